The van der Waals surface area contributed by atoms with Crippen LogP contribution >= 0.6 is 0 Å². The Morgan fingerprint density at radius 3 is 2.71 bits per heavy atom. The fourth-order valence-corrected chi connectivity index (χ4v) is 2.36. The van der Waals surface area contributed by atoms with E-state index in [-0.39, 0.29) is 5.82 Å². The minimum Gasteiger partial charge on any atom is -0.494 e. The van der Waals surface area contributed by atoms with Gasteiger partial charge in [-0.2, -0.15) is 0 Å². The molecule has 0 saturated heterocycles. The van der Waals surface area contributed by atoms with Gasteiger partial charge in [0, 0.05) is 25.7 Å². The molecule has 0 unspecified atom stereocenters. The molecule has 0 aromatic heterocycles. The highest BCUT2D eigenvalue weighted by Crippen LogP contribution is 2.17. The molecule has 128 valence electrons. The Bertz CT molecular complexity index is 673. The predicted molar refractivity (Wildman–Crippen MR) is 95.9 cm³/mol. The predicted octanol–water partition coefficient (Wildman–Crippen LogP) is 3.13. The summed E-state index contributed by atoms with van der Waals surface area (Å²) in [6.07, 6.45) is 0.730. The van der Waals surface area contributed by atoms with Crippen molar-refractivity contribution in [2.45, 2.75) is 19.9 Å². The fourth-order valence-electron chi connectivity index (χ4n) is 2.36. The van der Waals surface area contributed by atoms with Crippen molar-refractivity contribution >= 4 is 5.96 Å². The standard InChI is InChI=1S/C19H24FN3O/c1-3-24-18-10-5-4-8-16(18)14-23-19(21-2)22-12-11-15-7-6-9-17(20)13-15/h4-10,13H,3,11-12,14H2,1-2H3,(H2,21,22,23). The molecular formula is C19H24FN3O. The Morgan fingerprint density at radius 2 is 1.96 bits per heavy atom. The summed E-state index contributed by atoms with van der Waals surface area (Å²) in [7, 11) is 1.73. The van der Waals surface area contributed by atoms with Crippen molar-refractivity contribution in [2.75, 3.05) is 20.2 Å². The third-order valence-corrected chi connectivity index (χ3v) is 3.54. The second kappa shape index (κ2) is 9.55. The molecule has 0 aliphatic rings. The normalized spacial score (nSPS) is 11.2. The van der Waals surface area contributed by atoms with E-state index >= 15 is 0 Å². The third kappa shape index (κ3) is 5.57. The third-order valence-electron chi connectivity index (χ3n) is 3.54. The van der Waals surface area contributed by atoms with Crippen molar-refractivity contribution < 1.29 is 9.13 Å². The van der Waals surface area contributed by atoms with Crippen molar-refractivity contribution in [3.63, 3.8) is 0 Å². The molecule has 24 heavy (non-hydrogen) atoms. The number of hydrogen-bond donors (Lipinski definition) is 2. The number of nitrogens with zero attached hydrogens (tertiary/aromatic N) is 1. The Hall–Kier alpha value is -2.56. The number of rotatable bonds is 7. The summed E-state index contributed by atoms with van der Waals surface area (Å²) in [4.78, 5) is 4.21. The number of para-hydroxylation sites is 1. The van der Waals surface area contributed by atoms with Crippen LogP contribution in [0.25, 0.3) is 0 Å². The average Bonchev–Trinajstić information content (AvgIpc) is 2.59. The smallest absolute Gasteiger partial charge is 0.191 e. The summed E-state index contributed by atoms with van der Waals surface area (Å²) in [5, 5.41) is 6.50. The van der Waals surface area contributed by atoms with Crippen molar-refractivity contribution in [1.82, 2.24) is 10.6 Å². The number of benzene rings is 2. The lowest BCUT2D eigenvalue weighted by Gasteiger charge is -2.14. The molecule has 0 radical (unpaired) electrons. The van der Waals surface area contributed by atoms with Gasteiger partial charge in [0.2, 0.25) is 0 Å². The van der Waals surface area contributed by atoms with Crippen LogP contribution in [-0.4, -0.2) is 26.2 Å². The maximum atomic E-state index is 13.2. The van der Waals surface area contributed by atoms with E-state index < -0.39 is 0 Å². The second-order valence-corrected chi connectivity index (χ2v) is 5.27. The lowest BCUT2D eigenvalue weighted by molar-refractivity contribution is 0.336. The Labute approximate surface area is 142 Å². The highest BCUT2D eigenvalue weighted by atomic mass is 19.1. The van der Waals surface area contributed by atoms with Gasteiger partial charge in [-0.3, -0.25) is 4.99 Å². The molecule has 2 N–H and O–H groups in total. The largest absolute Gasteiger partial charge is 0.494 e. The van der Waals surface area contributed by atoms with Crippen LogP contribution in [0, 0.1) is 5.82 Å². The summed E-state index contributed by atoms with van der Waals surface area (Å²) in [6.45, 7) is 3.90. The second-order valence-electron chi connectivity index (χ2n) is 5.27. The van der Waals surface area contributed by atoms with Crippen molar-refractivity contribution in [1.29, 1.82) is 0 Å². The van der Waals surface area contributed by atoms with Gasteiger partial charge >= 0.3 is 0 Å². The minimum absolute atomic E-state index is 0.206. The van der Waals surface area contributed by atoms with Gasteiger partial charge in [-0.25, -0.2) is 4.39 Å². The summed E-state index contributed by atoms with van der Waals surface area (Å²) < 4.78 is 18.8. The summed E-state index contributed by atoms with van der Waals surface area (Å²) in [6, 6.07) is 14.6. The maximum absolute atomic E-state index is 13.2. The summed E-state index contributed by atoms with van der Waals surface area (Å²) >= 11 is 0. The van der Waals surface area contributed by atoms with Crippen LogP contribution in [0.4, 0.5) is 4.39 Å². The summed E-state index contributed by atoms with van der Waals surface area (Å²) in [5.74, 6) is 1.38. The Balaban J connectivity index is 1.82. The van der Waals surface area contributed by atoms with Gasteiger partial charge in [0.1, 0.15) is 11.6 Å². The van der Waals surface area contributed by atoms with Gasteiger partial charge in [-0.1, -0.05) is 30.3 Å². The topological polar surface area (TPSA) is 45.6 Å². The first-order valence-electron chi connectivity index (χ1n) is 8.12. The molecular weight excluding hydrogens is 305 g/mol. The molecule has 2 aromatic carbocycles. The number of halogens is 1. The van der Waals surface area contributed by atoms with Crippen LogP contribution in [0.3, 0.4) is 0 Å². The Kier molecular flexibility index (Phi) is 7.08. The molecule has 2 rings (SSSR count). The van der Waals surface area contributed by atoms with Gasteiger partial charge in [0.15, 0.2) is 5.96 Å². The molecule has 0 aliphatic carbocycles. The van der Waals surface area contributed by atoms with Crippen LogP contribution in [0.15, 0.2) is 53.5 Å². The van der Waals surface area contributed by atoms with Gasteiger partial charge in [0.05, 0.1) is 6.61 Å². The molecule has 0 fully saturated rings. The van der Waals surface area contributed by atoms with Crippen LogP contribution < -0.4 is 15.4 Å². The number of guanidine groups is 1. The first kappa shape index (κ1) is 17.8. The number of hydrogen-bond acceptors (Lipinski definition) is 2. The van der Waals surface area contributed by atoms with E-state index in [9.17, 15) is 4.39 Å². The first-order valence-corrected chi connectivity index (χ1v) is 8.12. The van der Waals surface area contributed by atoms with Crippen molar-refractivity contribution in [2.24, 2.45) is 4.99 Å². The first-order chi connectivity index (χ1) is 11.7. The fraction of sp³-hybridized carbons (Fsp3) is 0.316. The lowest BCUT2D eigenvalue weighted by Crippen LogP contribution is -2.37. The minimum atomic E-state index is -0.206. The lowest BCUT2D eigenvalue weighted by atomic mass is 10.1. The molecule has 2 aromatic rings. The van der Waals surface area contributed by atoms with E-state index in [1.165, 1.54) is 6.07 Å². The molecule has 4 nitrogen and oxygen atoms in total. The van der Waals surface area contributed by atoms with Gasteiger partial charge < -0.3 is 15.4 Å². The van der Waals surface area contributed by atoms with Crippen molar-refractivity contribution in [3.8, 4) is 5.75 Å². The van der Waals surface area contributed by atoms with Crippen LogP contribution in [-0.2, 0) is 13.0 Å². The molecule has 0 bridgehead atoms. The van der Waals surface area contributed by atoms with E-state index in [1.807, 2.05) is 37.3 Å². The van der Waals surface area contributed by atoms with E-state index in [1.54, 1.807) is 19.2 Å². The van der Waals surface area contributed by atoms with Gasteiger partial charge in [-0.05, 0) is 37.1 Å². The molecule has 5 heteroatoms. The number of nitrogens with one attached hydrogen (secondary N) is 2. The molecule has 0 atom stereocenters. The van der Waals surface area contributed by atoms with E-state index in [0.717, 1.165) is 23.3 Å². The molecule has 0 heterocycles. The number of aliphatic imine (C=N–C) groups is 1. The average molecular weight is 329 g/mol. The zero-order valence-corrected chi connectivity index (χ0v) is 14.2. The SMILES string of the molecule is CCOc1ccccc1CNC(=NC)NCCc1cccc(F)c1. The zero-order chi connectivity index (χ0) is 17.2. The van der Waals surface area contributed by atoms with Gasteiger partial charge in [0.25, 0.3) is 0 Å². The maximum Gasteiger partial charge on any atom is 0.191 e. The quantitative estimate of drug-likeness (QED) is 0.606. The van der Waals surface area contributed by atoms with Crippen LogP contribution in [0.1, 0.15) is 18.1 Å². The number of ether oxygens (including phenoxy) is 1. The summed E-state index contributed by atoms with van der Waals surface area (Å²) in [5.41, 5.74) is 2.03. The highest BCUT2D eigenvalue weighted by Gasteiger charge is 2.04. The Morgan fingerprint density at radius 1 is 1.12 bits per heavy atom. The highest BCUT2D eigenvalue weighted by molar-refractivity contribution is 5.79. The molecule has 0 spiro atoms. The monoisotopic (exact) mass is 329 g/mol. The molecule has 0 amide bonds. The van der Waals surface area contributed by atoms with Gasteiger partial charge in [-0.15, -0.1) is 0 Å². The van der Waals surface area contributed by atoms with E-state index in [4.69, 9.17) is 4.74 Å². The van der Waals surface area contributed by atoms with Crippen molar-refractivity contribution in [3.05, 3.63) is 65.5 Å². The van der Waals surface area contributed by atoms with Crippen LogP contribution in [0.2, 0.25) is 0 Å². The molecule has 0 saturated carbocycles. The molecule has 0 aliphatic heterocycles. The van der Waals surface area contributed by atoms with E-state index in [0.29, 0.717) is 25.7 Å². The van der Waals surface area contributed by atoms with E-state index in [2.05, 4.69) is 15.6 Å². The van der Waals surface area contributed by atoms with Crippen LogP contribution in [0.5, 0.6) is 5.75 Å². The zero-order valence-electron chi connectivity index (χ0n) is 14.2.